The van der Waals surface area contributed by atoms with E-state index in [1.165, 1.54) is 0 Å². The van der Waals surface area contributed by atoms with Crippen molar-refractivity contribution in [2.75, 3.05) is 29.2 Å². The van der Waals surface area contributed by atoms with Crippen LogP contribution in [-0.4, -0.2) is 31.5 Å². The van der Waals surface area contributed by atoms with Crippen LogP contribution in [0, 0.1) is 0 Å². The number of amides is 2. The lowest BCUT2D eigenvalue weighted by Gasteiger charge is -2.21. The molecule has 1 unspecified atom stereocenters. The highest BCUT2D eigenvalue weighted by atomic mass is 79.9. The largest absolute Gasteiger partial charge is 0.494 e. The minimum Gasteiger partial charge on any atom is -0.494 e. The predicted octanol–water partition coefficient (Wildman–Crippen LogP) is 4.02. The lowest BCUT2D eigenvalue weighted by atomic mass is 10.2. The van der Waals surface area contributed by atoms with Crippen molar-refractivity contribution in [1.29, 1.82) is 0 Å². The fraction of sp³-hybridized carbons (Fsp3) is 0.300. The van der Waals surface area contributed by atoms with Crippen molar-refractivity contribution < 1.29 is 14.3 Å². The number of hydrogen-bond acceptors (Lipinski definition) is 4. The molecule has 0 radical (unpaired) electrons. The first-order chi connectivity index (χ1) is 13.0. The van der Waals surface area contributed by atoms with Gasteiger partial charge in [-0.3, -0.25) is 9.59 Å². The zero-order valence-corrected chi connectivity index (χ0v) is 16.9. The van der Waals surface area contributed by atoms with Crippen molar-refractivity contribution in [3.8, 4) is 5.75 Å². The van der Waals surface area contributed by atoms with Gasteiger partial charge in [-0.15, -0.1) is 0 Å². The molecule has 1 fully saturated rings. The second-order valence-electron chi connectivity index (χ2n) is 6.40. The standard InChI is InChI=1S/C20H22BrN3O3/c1-13(20(26)23-15-6-3-5-14(21)11-15)22-16-8-9-17(18(12-16)27-2)24-10-4-7-19(24)25/h3,5-6,8-9,11-13,22H,4,7,10H2,1-2H3,(H,23,26). The number of carbonyl (C=O) groups excluding carboxylic acids is 2. The Balaban J connectivity index is 1.69. The van der Waals surface area contributed by atoms with Gasteiger partial charge >= 0.3 is 0 Å². The monoisotopic (exact) mass is 431 g/mol. The minimum absolute atomic E-state index is 0.107. The number of nitrogens with zero attached hydrogens (tertiary/aromatic N) is 1. The van der Waals surface area contributed by atoms with Gasteiger partial charge in [-0.05, 0) is 43.7 Å². The first-order valence-corrected chi connectivity index (χ1v) is 9.58. The zero-order chi connectivity index (χ0) is 19.4. The Morgan fingerprint density at radius 3 is 2.70 bits per heavy atom. The van der Waals surface area contributed by atoms with Gasteiger partial charge in [0.2, 0.25) is 11.8 Å². The number of carbonyl (C=O) groups is 2. The number of anilines is 3. The molecule has 0 saturated carbocycles. The second kappa shape index (κ2) is 8.43. The van der Waals surface area contributed by atoms with Gasteiger partial charge in [0, 0.05) is 34.9 Å². The maximum absolute atomic E-state index is 12.4. The third-order valence-corrected chi connectivity index (χ3v) is 4.91. The van der Waals surface area contributed by atoms with Gasteiger partial charge in [-0.25, -0.2) is 0 Å². The Morgan fingerprint density at radius 1 is 1.22 bits per heavy atom. The van der Waals surface area contributed by atoms with Crippen molar-refractivity contribution in [3.63, 3.8) is 0 Å². The molecule has 1 saturated heterocycles. The summed E-state index contributed by atoms with van der Waals surface area (Å²) in [7, 11) is 1.58. The number of nitrogens with one attached hydrogen (secondary N) is 2. The van der Waals surface area contributed by atoms with Gasteiger partial charge < -0.3 is 20.3 Å². The highest BCUT2D eigenvalue weighted by Gasteiger charge is 2.24. The van der Waals surface area contributed by atoms with Crippen LogP contribution < -0.4 is 20.3 Å². The number of halogens is 1. The summed E-state index contributed by atoms with van der Waals surface area (Å²) in [6, 6.07) is 12.5. The van der Waals surface area contributed by atoms with E-state index in [0.717, 1.165) is 28.0 Å². The second-order valence-corrected chi connectivity index (χ2v) is 7.32. The fourth-order valence-electron chi connectivity index (χ4n) is 3.03. The summed E-state index contributed by atoms with van der Waals surface area (Å²) >= 11 is 3.39. The molecule has 7 heteroatoms. The summed E-state index contributed by atoms with van der Waals surface area (Å²) < 4.78 is 6.36. The Labute approximate surface area is 167 Å². The highest BCUT2D eigenvalue weighted by Crippen LogP contribution is 2.34. The molecule has 2 aromatic carbocycles. The van der Waals surface area contributed by atoms with Gasteiger partial charge in [-0.2, -0.15) is 0 Å². The normalized spacial score (nSPS) is 14.8. The molecule has 1 aliphatic rings. The van der Waals surface area contributed by atoms with E-state index < -0.39 is 6.04 Å². The van der Waals surface area contributed by atoms with Crippen molar-refractivity contribution in [1.82, 2.24) is 0 Å². The quantitative estimate of drug-likeness (QED) is 0.724. The van der Waals surface area contributed by atoms with Crippen molar-refractivity contribution in [2.45, 2.75) is 25.8 Å². The van der Waals surface area contributed by atoms with E-state index in [0.29, 0.717) is 18.7 Å². The SMILES string of the molecule is COc1cc(NC(C)C(=O)Nc2cccc(Br)c2)ccc1N1CCCC1=O. The van der Waals surface area contributed by atoms with Gasteiger partial charge in [0.25, 0.3) is 0 Å². The minimum atomic E-state index is -0.451. The van der Waals surface area contributed by atoms with Crippen LogP contribution in [0.5, 0.6) is 5.75 Å². The molecule has 3 rings (SSSR count). The lowest BCUT2D eigenvalue weighted by molar-refractivity contribution is -0.117. The molecule has 27 heavy (non-hydrogen) atoms. The molecule has 0 spiro atoms. The van der Waals surface area contributed by atoms with E-state index in [1.807, 2.05) is 42.5 Å². The van der Waals surface area contributed by atoms with E-state index in [2.05, 4.69) is 26.6 Å². The molecule has 2 aromatic rings. The van der Waals surface area contributed by atoms with E-state index in [1.54, 1.807) is 18.9 Å². The van der Waals surface area contributed by atoms with Gasteiger partial charge in [0.1, 0.15) is 11.8 Å². The number of methoxy groups -OCH3 is 1. The average molecular weight is 432 g/mol. The van der Waals surface area contributed by atoms with E-state index in [4.69, 9.17) is 4.74 Å². The molecule has 0 aromatic heterocycles. The van der Waals surface area contributed by atoms with Crippen LogP contribution in [0.3, 0.4) is 0 Å². The molecular weight excluding hydrogens is 410 g/mol. The summed E-state index contributed by atoms with van der Waals surface area (Å²) in [4.78, 5) is 26.2. The molecule has 6 nitrogen and oxygen atoms in total. The average Bonchev–Trinajstić information content (AvgIpc) is 3.07. The number of hydrogen-bond donors (Lipinski definition) is 2. The van der Waals surface area contributed by atoms with E-state index in [-0.39, 0.29) is 11.8 Å². The molecular formula is C20H22BrN3O3. The Hall–Kier alpha value is -2.54. The van der Waals surface area contributed by atoms with Gasteiger partial charge in [-0.1, -0.05) is 22.0 Å². The van der Waals surface area contributed by atoms with E-state index in [9.17, 15) is 9.59 Å². The summed E-state index contributed by atoms with van der Waals surface area (Å²) in [6.45, 7) is 2.49. The maximum Gasteiger partial charge on any atom is 0.246 e. The van der Waals surface area contributed by atoms with Crippen LogP contribution in [0.1, 0.15) is 19.8 Å². The highest BCUT2D eigenvalue weighted by molar-refractivity contribution is 9.10. The molecule has 1 aliphatic heterocycles. The van der Waals surface area contributed by atoms with Gasteiger partial charge in [0.05, 0.1) is 12.8 Å². The smallest absolute Gasteiger partial charge is 0.246 e. The first-order valence-electron chi connectivity index (χ1n) is 8.79. The third kappa shape index (κ3) is 4.60. The summed E-state index contributed by atoms with van der Waals surface area (Å²) in [6.07, 6.45) is 1.42. The predicted molar refractivity (Wildman–Crippen MR) is 110 cm³/mol. The number of benzene rings is 2. The first kappa shape index (κ1) is 19.2. The maximum atomic E-state index is 12.4. The molecule has 2 amide bonds. The zero-order valence-electron chi connectivity index (χ0n) is 15.3. The van der Waals surface area contributed by atoms with Crippen LogP contribution >= 0.6 is 15.9 Å². The summed E-state index contributed by atoms with van der Waals surface area (Å²) in [5.74, 6) is 0.566. The Kier molecular flexibility index (Phi) is 6.01. The van der Waals surface area contributed by atoms with E-state index >= 15 is 0 Å². The number of rotatable bonds is 6. The van der Waals surface area contributed by atoms with Gasteiger partial charge in [0.15, 0.2) is 0 Å². The van der Waals surface area contributed by atoms with Crippen LogP contribution in [0.25, 0.3) is 0 Å². The van der Waals surface area contributed by atoms with Crippen LogP contribution in [0.4, 0.5) is 17.1 Å². The molecule has 142 valence electrons. The lowest BCUT2D eigenvalue weighted by Crippen LogP contribution is -2.32. The van der Waals surface area contributed by atoms with Crippen LogP contribution in [0.2, 0.25) is 0 Å². The molecule has 0 aliphatic carbocycles. The Morgan fingerprint density at radius 2 is 2.04 bits per heavy atom. The molecule has 2 N–H and O–H groups in total. The van der Waals surface area contributed by atoms with Crippen LogP contribution in [-0.2, 0) is 9.59 Å². The van der Waals surface area contributed by atoms with Crippen molar-refractivity contribution in [2.24, 2.45) is 0 Å². The molecule has 0 bridgehead atoms. The molecule has 1 atom stereocenters. The number of ether oxygens (including phenoxy) is 1. The van der Waals surface area contributed by atoms with Crippen molar-refractivity contribution >= 4 is 44.8 Å². The third-order valence-electron chi connectivity index (χ3n) is 4.41. The fourth-order valence-corrected chi connectivity index (χ4v) is 3.42. The summed E-state index contributed by atoms with van der Waals surface area (Å²) in [5, 5.41) is 6.05. The summed E-state index contributed by atoms with van der Waals surface area (Å²) in [5.41, 5.74) is 2.24. The topological polar surface area (TPSA) is 70.7 Å². The molecule has 1 heterocycles. The van der Waals surface area contributed by atoms with Crippen molar-refractivity contribution in [3.05, 3.63) is 46.9 Å². The Bertz CT molecular complexity index is 856. The van der Waals surface area contributed by atoms with Crippen LogP contribution in [0.15, 0.2) is 46.9 Å².